The van der Waals surface area contributed by atoms with Gasteiger partial charge >= 0.3 is 6.03 Å². The number of hydrogen-bond acceptors (Lipinski definition) is 4. The summed E-state index contributed by atoms with van der Waals surface area (Å²) in [5, 5.41) is 1.01. The largest absolute Gasteiger partial charge is 0.362 e. The molecule has 0 radical (unpaired) electrons. The summed E-state index contributed by atoms with van der Waals surface area (Å²) in [6.07, 6.45) is -0.925. The van der Waals surface area contributed by atoms with Crippen LogP contribution in [0, 0.1) is 5.92 Å². The maximum Gasteiger partial charge on any atom is 0.362 e. The number of anilines is 1. The number of urea groups is 1. The number of carbonyl (C=O) groups is 3. The van der Waals surface area contributed by atoms with Crippen molar-refractivity contribution >= 4 is 23.5 Å². The predicted molar refractivity (Wildman–Crippen MR) is 91.6 cm³/mol. The van der Waals surface area contributed by atoms with E-state index in [4.69, 9.17) is 4.84 Å². The van der Waals surface area contributed by atoms with Gasteiger partial charge in [0.25, 0.3) is 11.8 Å². The van der Waals surface area contributed by atoms with E-state index in [2.05, 4.69) is 0 Å². The number of hydroxylamine groups is 1. The van der Waals surface area contributed by atoms with Gasteiger partial charge in [-0.15, -0.1) is 0 Å². The van der Waals surface area contributed by atoms with Gasteiger partial charge in [-0.05, 0) is 30.2 Å². The average Bonchev–Trinajstić information content (AvgIpc) is 2.63. The molecule has 0 saturated carbocycles. The van der Waals surface area contributed by atoms with Gasteiger partial charge in [-0.3, -0.25) is 14.4 Å². The van der Waals surface area contributed by atoms with Gasteiger partial charge in [0.15, 0.2) is 6.10 Å². The molecule has 1 heterocycles. The zero-order valence-electron chi connectivity index (χ0n) is 14.0. The molecule has 0 spiro atoms. The minimum atomic E-state index is -0.925. The van der Waals surface area contributed by atoms with E-state index < -0.39 is 23.9 Å². The second kappa shape index (κ2) is 6.86. The molecule has 0 unspecified atom stereocenters. The molecule has 6 nitrogen and oxygen atoms in total. The normalized spacial score (nSPS) is 18.0. The Hall–Kier alpha value is -2.99. The summed E-state index contributed by atoms with van der Waals surface area (Å²) in [6.45, 7) is 3.60. The Balaban J connectivity index is 2.01. The minimum absolute atomic E-state index is 0.210. The van der Waals surface area contributed by atoms with E-state index in [9.17, 15) is 14.4 Å². The van der Waals surface area contributed by atoms with Gasteiger partial charge in [-0.25, -0.2) is 4.79 Å². The number of para-hydroxylation sites is 1. The van der Waals surface area contributed by atoms with Gasteiger partial charge < -0.3 is 0 Å². The summed E-state index contributed by atoms with van der Waals surface area (Å²) >= 11 is 0. The molecule has 25 heavy (non-hydrogen) atoms. The molecule has 3 rings (SSSR count). The predicted octanol–water partition coefficient (Wildman–Crippen LogP) is 3.25. The van der Waals surface area contributed by atoms with Crippen molar-refractivity contribution in [3.8, 4) is 0 Å². The van der Waals surface area contributed by atoms with E-state index >= 15 is 0 Å². The van der Waals surface area contributed by atoms with Crippen molar-refractivity contribution in [2.24, 2.45) is 5.92 Å². The zero-order valence-corrected chi connectivity index (χ0v) is 14.0. The number of benzene rings is 2. The highest BCUT2D eigenvalue weighted by molar-refractivity contribution is 6.20. The van der Waals surface area contributed by atoms with Crippen LogP contribution in [-0.2, 0) is 9.63 Å². The SMILES string of the molecule is CC(C)[C@@H]1ON(c2ccccc2)C(=O)N(C(=O)c2ccccc2)C1=O. The van der Waals surface area contributed by atoms with Crippen LogP contribution >= 0.6 is 0 Å². The molecule has 1 saturated heterocycles. The molecular weight excluding hydrogens is 320 g/mol. The summed E-state index contributed by atoms with van der Waals surface area (Å²) in [5.41, 5.74) is 0.720. The zero-order chi connectivity index (χ0) is 18.0. The van der Waals surface area contributed by atoms with Gasteiger partial charge in [-0.2, -0.15) is 9.96 Å². The molecule has 2 aromatic carbocycles. The molecule has 0 aliphatic carbocycles. The molecule has 2 aromatic rings. The fourth-order valence-electron chi connectivity index (χ4n) is 2.55. The third-order valence-corrected chi connectivity index (χ3v) is 3.87. The fourth-order valence-corrected chi connectivity index (χ4v) is 2.55. The average molecular weight is 338 g/mol. The lowest BCUT2D eigenvalue weighted by Crippen LogP contribution is -2.61. The summed E-state index contributed by atoms with van der Waals surface area (Å²) in [5.74, 6) is -1.52. The molecule has 4 amide bonds. The highest BCUT2D eigenvalue weighted by Crippen LogP contribution is 2.26. The Bertz CT molecular complexity index is 790. The van der Waals surface area contributed by atoms with Crippen LogP contribution in [0.5, 0.6) is 0 Å². The number of amides is 4. The first-order valence-corrected chi connectivity index (χ1v) is 8.00. The molecule has 1 fully saturated rings. The first kappa shape index (κ1) is 16.9. The second-order valence-corrected chi connectivity index (χ2v) is 6.03. The molecular formula is C19H18N2O4. The molecule has 0 bridgehead atoms. The Kier molecular flexibility index (Phi) is 4.63. The highest BCUT2D eigenvalue weighted by Gasteiger charge is 2.46. The van der Waals surface area contributed by atoms with E-state index in [1.165, 1.54) is 0 Å². The van der Waals surface area contributed by atoms with Gasteiger partial charge in [0.05, 0.1) is 5.69 Å². The Morgan fingerprint density at radius 1 is 0.960 bits per heavy atom. The van der Waals surface area contributed by atoms with Crippen LogP contribution in [0.1, 0.15) is 24.2 Å². The lowest BCUT2D eigenvalue weighted by Gasteiger charge is -2.37. The minimum Gasteiger partial charge on any atom is -0.271 e. The topological polar surface area (TPSA) is 66.9 Å². The van der Waals surface area contributed by atoms with Gasteiger partial charge in [0.2, 0.25) is 0 Å². The van der Waals surface area contributed by atoms with Crippen molar-refractivity contribution in [1.29, 1.82) is 0 Å². The van der Waals surface area contributed by atoms with Crippen molar-refractivity contribution < 1.29 is 19.2 Å². The monoisotopic (exact) mass is 338 g/mol. The Labute approximate surface area is 145 Å². The molecule has 1 aliphatic heterocycles. The van der Waals surface area contributed by atoms with E-state index in [-0.39, 0.29) is 11.5 Å². The number of imide groups is 3. The number of hydrogen-bond donors (Lipinski definition) is 0. The van der Waals surface area contributed by atoms with Crippen molar-refractivity contribution in [1.82, 2.24) is 4.90 Å². The van der Waals surface area contributed by atoms with Crippen LogP contribution in [0.25, 0.3) is 0 Å². The summed E-state index contributed by atoms with van der Waals surface area (Å²) in [7, 11) is 0. The van der Waals surface area contributed by atoms with E-state index in [1.54, 1.807) is 74.5 Å². The molecule has 1 atom stereocenters. The first-order chi connectivity index (χ1) is 12.0. The lowest BCUT2D eigenvalue weighted by molar-refractivity contribution is -0.146. The van der Waals surface area contributed by atoms with Crippen molar-refractivity contribution in [3.05, 3.63) is 66.2 Å². The lowest BCUT2D eigenvalue weighted by atomic mass is 10.0. The maximum atomic E-state index is 12.8. The molecule has 0 N–H and O–H groups in total. The molecule has 1 aliphatic rings. The Morgan fingerprint density at radius 3 is 2.08 bits per heavy atom. The maximum absolute atomic E-state index is 12.8. The summed E-state index contributed by atoms with van der Waals surface area (Å²) in [6, 6.07) is 16.1. The van der Waals surface area contributed by atoms with Crippen molar-refractivity contribution in [2.45, 2.75) is 20.0 Å². The number of carbonyl (C=O) groups excluding carboxylic acids is 3. The smallest absolute Gasteiger partial charge is 0.271 e. The van der Waals surface area contributed by atoms with E-state index in [0.717, 1.165) is 5.06 Å². The van der Waals surface area contributed by atoms with Crippen molar-refractivity contribution in [2.75, 3.05) is 5.06 Å². The fraction of sp³-hybridized carbons (Fsp3) is 0.211. The number of rotatable bonds is 3. The third-order valence-electron chi connectivity index (χ3n) is 3.87. The van der Waals surface area contributed by atoms with Crippen LogP contribution < -0.4 is 5.06 Å². The molecule has 128 valence electrons. The Morgan fingerprint density at radius 2 is 1.52 bits per heavy atom. The quantitative estimate of drug-likeness (QED) is 0.806. The van der Waals surface area contributed by atoms with Crippen LogP contribution in [0.3, 0.4) is 0 Å². The van der Waals surface area contributed by atoms with Crippen molar-refractivity contribution in [3.63, 3.8) is 0 Å². The third kappa shape index (κ3) is 3.16. The molecule has 6 heteroatoms. The van der Waals surface area contributed by atoms with Crippen LogP contribution in [0.15, 0.2) is 60.7 Å². The first-order valence-electron chi connectivity index (χ1n) is 8.00. The summed E-state index contributed by atoms with van der Waals surface area (Å²) in [4.78, 5) is 44.6. The second-order valence-electron chi connectivity index (χ2n) is 6.03. The molecule has 0 aromatic heterocycles. The van der Waals surface area contributed by atoms with Crippen LogP contribution in [0.4, 0.5) is 10.5 Å². The number of nitrogens with zero attached hydrogens (tertiary/aromatic N) is 2. The van der Waals surface area contributed by atoms with Gasteiger partial charge in [-0.1, -0.05) is 50.2 Å². The standard InChI is InChI=1S/C19H18N2O4/c1-13(2)16-18(23)20(17(22)14-9-5-3-6-10-14)19(24)21(25-16)15-11-7-4-8-12-15/h3-13,16H,1-2H3/t16-/m0/s1. The van der Waals surface area contributed by atoms with Crippen LogP contribution in [-0.4, -0.2) is 28.8 Å². The van der Waals surface area contributed by atoms with Gasteiger partial charge in [0, 0.05) is 5.56 Å². The highest BCUT2D eigenvalue weighted by atomic mass is 16.7. The van der Waals surface area contributed by atoms with Crippen LogP contribution in [0.2, 0.25) is 0 Å². The summed E-state index contributed by atoms with van der Waals surface area (Å²) < 4.78 is 0. The van der Waals surface area contributed by atoms with E-state index in [1.807, 2.05) is 0 Å². The van der Waals surface area contributed by atoms with E-state index in [0.29, 0.717) is 10.6 Å². The van der Waals surface area contributed by atoms with Gasteiger partial charge in [0.1, 0.15) is 0 Å².